The highest BCUT2D eigenvalue weighted by Crippen LogP contribution is 2.42. The molecule has 0 fully saturated rings. The molecule has 2 heterocycles. The van der Waals surface area contributed by atoms with E-state index in [1.165, 1.54) is 15.4 Å². The van der Waals surface area contributed by atoms with Gasteiger partial charge in [-0.1, -0.05) is 32.0 Å². The third-order valence-electron chi connectivity index (χ3n) is 4.73. The highest BCUT2D eigenvalue weighted by atomic mass is 31.2. The first-order chi connectivity index (χ1) is 12.2. The minimum Gasteiger partial charge on any atom is -0.780 e. The van der Waals surface area contributed by atoms with Crippen molar-refractivity contribution in [3.05, 3.63) is 63.1 Å². The van der Waals surface area contributed by atoms with E-state index in [0.29, 0.717) is 5.69 Å². The number of rotatable bonds is 5. The summed E-state index contributed by atoms with van der Waals surface area (Å²) in [5.74, 6) is -0.122. The number of fused-ring (bicyclic) bond motifs is 1. The lowest BCUT2D eigenvalue weighted by molar-refractivity contribution is -0.339. The molecule has 10 heteroatoms. The van der Waals surface area contributed by atoms with Crippen molar-refractivity contribution in [1.82, 2.24) is 13.9 Å². The Morgan fingerprint density at radius 3 is 2.27 bits per heavy atom. The Bertz CT molecular complexity index is 1010. The average molecular weight is 379 g/mol. The second-order valence-electron chi connectivity index (χ2n) is 5.98. The summed E-state index contributed by atoms with van der Waals surface area (Å²) in [4.78, 5) is 48.2. The quantitative estimate of drug-likeness (QED) is 0.677. The molecule has 0 unspecified atom stereocenters. The molecule has 1 aliphatic rings. The number of aromatic nitrogens is 3. The van der Waals surface area contributed by atoms with Crippen molar-refractivity contribution in [2.24, 2.45) is 0 Å². The summed E-state index contributed by atoms with van der Waals surface area (Å²) in [5.41, 5.74) is -2.00. The first kappa shape index (κ1) is 18.4. The number of hydrogen-bond acceptors (Lipinski definition) is 6. The van der Waals surface area contributed by atoms with Crippen molar-refractivity contribution in [2.75, 3.05) is 0 Å². The lowest BCUT2D eigenvalue weighted by Crippen LogP contribution is -2.49. The zero-order valence-electron chi connectivity index (χ0n) is 14.3. The van der Waals surface area contributed by atoms with Crippen LogP contribution in [-0.4, -0.2) is 13.9 Å². The molecule has 0 saturated heterocycles. The van der Waals surface area contributed by atoms with Gasteiger partial charge in [-0.25, -0.2) is 23.5 Å². The summed E-state index contributed by atoms with van der Waals surface area (Å²) in [6, 6.07) is 8.42. The maximum absolute atomic E-state index is 13.1. The van der Waals surface area contributed by atoms with Crippen molar-refractivity contribution >= 4 is 7.82 Å². The van der Waals surface area contributed by atoms with E-state index in [9.17, 15) is 23.9 Å². The molecule has 0 N–H and O–H groups in total. The summed E-state index contributed by atoms with van der Waals surface area (Å²) in [6.07, 6.45) is 1.88. The molecule has 0 atom stereocenters. The molecule has 0 saturated carbocycles. The summed E-state index contributed by atoms with van der Waals surface area (Å²) in [7, 11) is -5.31. The van der Waals surface area contributed by atoms with Gasteiger partial charge in [0.15, 0.2) is 0 Å². The lowest BCUT2D eigenvalue weighted by atomic mass is 9.89. The van der Waals surface area contributed by atoms with Crippen LogP contribution in [0.25, 0.3) is 5.69 Å². The van der Waals surface area contributed by atoms with Crippen LogP contribution in [-0.2, 0) is 21.2 Å². The normalized spacial score (nSPS) is 16.1. The Morgan fingerprint density at radius 1 is 1.12 bits per heavy atom. The Morgan fingerprint density at radius 2 is 1.73 bits per heavy atom. The minimum absolute atomic E-state index is 0.0784. The molecule has 26 heavy (non-hydrogen) atoms. The van der Waals surface area contributed by atoms with Crippen molar-refractivity contribution in [1.29, 1.82) is 0 Å². The van der Waals surface area contributed by atoms with Gasteiger partial charge in [-0.05, 0) is 31.1 Å². The fraction of sp³-hybridized carbons (Fsp3) is 0.375. The molecule has 1 aliphatic heterocycles. The maximum atomic E-state index is 13.1. The molecule has 0 bridgehead atoms. The van der Waals surface area contributed by atoms with Crippen LogP contribution in [0.2, 0.25) is 0 Å². The summed E-state index contributed by atoms with van der Waals surface area (Å²) < 4.78 is 19.3. The van der Waals surface area contributed by atoms with Crippen LogP contribution in [0.5, 0.6) is 0 Å². The third kappa shape index (κ3) is 2.78. The van der Waals surface area contributed by atoms with Crippen LogP contribution in [0, 0.1) is 0 Å². The van der Waals surface area contributed by atoms with Gasteiger partial charge in [0.05, 0.1) is 12.2 Å². The van der Waals surface area contributed by atoms with Gasteiger partial charge in [-0.15, -0.1) is 0 Å². The molecule has 0 spiro atoms. The van der Waals surface area contributed by atoms with Gasteiger partial charge in [0, 0.05) is 0 Å². The molecule has 2 aromatic rings. The highest BCUT2D eigenvalue weighted by molar-refractivity contribution is 7.43. The Kier molecular flexibility index (Phi) is 4.56. The first-order valence-corrected chi connectivity index (χ1v) is 9.64. The number of nitrogens with zero attached hydrogens (tertiary/aromatic N) is 3. The fourth-order valence-electron chi connectivity index (χ4n) is 3.46. The second-order valence-corrected chi connectivity index (χ2v) is 7.05. The first-order valence-electron chi connectivity index (χ1n) is 8.18. The molecular weight excluding hydrogens is 361 g/mol. The molecule has 1 aromatic heterocycles. The molecule has 0 radical (unpaired) electrons. The fourth-order valence-corrected chi connectivity index (χ4v) is 3.94. The van der Waals surface area contributed by atoms with E-state index >= 15 is 0 Å². The second kappa shape index (κ2) is 6.42. The molecule has 0 amide bonds. The SMILES string of the molecule is CCC1(CC)C(OP(=O)([O-])[O-])=CCn2c(=O)n(-c3ccccc3)c(=O)n21. The van der Waals surface area contributed by atoms with Crippen LogP contribution in [0.15, 0.2) is 51.8 Å². The Labute approximate surface area is 149 Å². The van der Waals surface area contributed by atoms with Crippen molar-refractivity contribution < 1.29 is 18.9 Å². The zero-order chi connectivity index (χ0) is 19.1. The lowest BCUT2D eigenvalue weighted by Gasteiger charge is -2.42. The van der Waals surface area contributed by atoms with E-state index in [1.807, 2.05) is 0 Å². The van der Waals surface area contributed by atoms with E-state index in [4.69, 9.17) is 0 Å². The topological polar surface area (TPSA) is 121 Å². The number of allylic oxidation sites excluding steroid dienone is 2. The monoisotopic (exact) mass is 379 g/mol. The van der Waals surface area contributed by atoms with Crippen LogP contribution in [0.4, 0.5) is 0 Å². The van der Waals surface area contributed by atoms with Crippen LogP contribution in [0.1, 0.15) is 26.7 Å². The number of phosphoric acid groups is 1. The van der Waals surface area contributed by atoms with Gasteiger partial charge in [-0.3, -0.25) is 0 Å². The van der Waals surface area contributed by atoms with Crippen LogP contribution >= 0.6 is 7.82 Å². The predicted molar refractivity (Wildman–Crippen MR) is 89.6 cm³/mol. The van der Waals surface area contributed by atoms with E-state index in [1.54, 1.807) is 44.2 Å². The standard InChI is InChI=1S/C16H20N3O6P/c1-3-16(4-2)13(25-26(22,23)24)10-11-17-14(20)18(15(21)19(16)17)12-8-6-5-7-9-12/h5-10H,3-4,11H2,1-2H3,(H2,22,23,24)/p-2. The highest BCUT2D eigenvalue weighted by Gasteiger charge is 2.42. The Balaban J connectivity index is 2.27. The van der Waals surface area contributed by atoms with E-state index < -0.39 is 24.7 Å². The predicted octanol–water partition coefficient (Wildman–Crippen LogP) is 0.0588. The van der Waals surface area contributed by atoms with Crippen LogP contribution < -0.4 is 21.2 Å². The van der Waals surface area contributed by atoms with Crippen LogP contribution in [0.3, 0.4) is 0 Å². The number of benzene rings is 1. The van der Waals surface area contributed by atoms with Crippen molar-refractivity contribution in [3.63, 3.8) is 0 Å². The van der Waals surface area contributed by atoms with Crippen molar-refractivity contribution in [3.8, 4) is 5.69 Å². The average Bonchev–Trinajstić information content (AvgIpc) is 2.86. The van der Waals surface area contributed by atoms with Gasteiger partial charge in [0.2, 0.25) is 0 Å². The van der Waals surface area contributed by atoms with Gasteiger partial charge >= 0.3 is 11.4 Å². The summed E-state index contributed by atoms with van der Waals surface area (Å²) in [5, 5.41) is 0. The van der Waals surface area contributed by atoms with E-state index in [-0.39, 0.29) is 25.1 Å². The molecular formula is C16H18N3O6P-2. The number of hydrogen-bond donors (Lipinski definition) is 0. The summed E-state index contributed by atoms with van der Waals surface area (Å²) in [6.45, 7) is 3.38. The summed E-state index contributed by atoms with van der Waals surface area (Å²) >= 11 is 0. The number of phosphoric ester groups is 1. The van der Waals surface area contributed by atoms with Crippen molar-refractivity contribution in [2.45, 2.75) is 38.8 Å². The smallest absolute Gasteiger partial charge is 0.352 e. The van der Waals surface area contributed by atoms with Gasteiger partial charge in [-0.2, -0.15) is 0 Å². The van der Waals surface area contributed by atoms with Gasteiger partial charge in [0.25, 0.3) is 0 Å². The molecule has 1 aromatic carbocycles. The van der Waals surface area contributed by atoms with Gasteiger partial charge < -0.3 is 18.9 Å². The zero-order valence-corrected chi connectivity index (χ0v) is 15.2. The largest absolute Gasteiger partial charge is 0.780 e. The molecule has 0 aliphatic carbocycles. The Hall–Kier alpha value is -2.35. The van der Waals surface area contributed by atoms with Gasteiger partial charge in [0.1, 0.15) is 19.1 Å². The molecule has 3 rings (SSSR count). The molecule has 140 valence electrons. The van der Waals surface area contributed by atoms with E-state index in [2.05, 4.69) is 4.52 Å². The maximum Gasteiger partial charge on any atom is 0.352 e. The third-order valence-corrected chi connectivity index (χ3v) is 5.15. The minimum atomic E-state index is -5.31. The molecule has 9 nitrogen and oxygen atoms in total. The van der Waals surface area contributed by atoms with E-state index in [0.717, 1.165) is 4.57 Å². The number of para-hydroxylation sites is 1.